The van der Waals surface area contributed by atoms with Crippen LogP contribution in [0, 0.1) is 0 Å². The molecule has 7 heteroatoms. The molecule has 0 radical (unpaired) electrons. The third-order valence-corrected chi connectivity index (χ3v) is 3.64. The van der Waals surface area contributed by atoms with Crippen LogP contribution in [0.4, 0.5) is 0 Å². The lowest BCUT2D eigenvalue weighted by molar-refractivity contribution is -0.137. The van der Waals surface area contributed by atoms with Gasteiger partial charge in [0.1, 0.15) is 0 Å². The molecule has 1 fully saturated rings. The van der Waals surface area contributed by atoms with Crippen molar-refractivity contribution >= 4 is 28.1 Å². The van der Waals surface area contributed by atoms with E-state index < -0.39 is 0 Å². The van der Waals surface area contributed by atoms with E-state index in [1.165, 1.54) is 11.3 Å². The molecule has 3 rings (SSSR count). The largest absolute Gasteiger partial charge is 0.353 e. The summed E-state index contributed by atoms with van der Waals surface area (Å²) in [6.07, 6.45) is 4.02. The minimum absolute atomic E-state index is 0.0457. The molecule has 6 nitrogen and oxygen atoms in total. The number of piperazine rings is 1. The van der Waals surface area contributed by atoms with Crippen molar-refractivity contribution in [2.24, 2.45) is 0 Å². The molecule has 3 heterocycles. The molecule has 1 aliphatic rings. The highest BCUT2D eigenvalue weighted by atomic mass is 32.1. The molecule has 0 spiro atoms. The Labute approximate surface area is 107 Å². The van der Waals surface area contributed by atoms with E-state index in [1.807, 2.05) is 22.2 Å². The van der Waals surface area contributed by atoms with Gasteiger partial charge in [0.05, 0.1) is 18.7 Å². The van der Waals surface area contributed by atoms with Crippen LogP contribution in [0.2, 0.25) is 0 Å². The van der Waals surface area contributed by atoms with Crippen LogP contribution < -0.4 is 5.32 Å². The van der Waals surface area contributed by atoms with Gasteiger partial charge in [0.25, 0.3) is 0 Å². The average molecular weight is 264 g/mol. The number of imidazole rings is 1. The van der Waals surface area contributed by atoms with Gasteiger partial charge in [-0.05, 0) is 0 Å². The highest BCUT2D eigenvalue weighted by Gasteiger charge is 2.21. The third-order valence-electron chi connectivity index (χ3n) is 2.87. The van der Waals surface area contributed by atoms with E-state index in [4.69, 9.17) is 0 Å². The van der Waals surface area contributed by atoms with Gasteiger partial charge in [0, 0.05) is 30.9 Å². The van der Waals surface area contributed by atoms with E-state index in [0.29, 0.717) is 13.1 Å². The number of rotatable bonds is 2. The van der Waals surface area contributed by atoms with Crippen molar-refractivity contribution in [3.63, 3.8) is 0 Å². The maximum atomic E-state index is 12.0. The van der Waals surface area contributed by atoms with Gasteiger partial charge in [0.2, 0.25) is 11.8 Å². The summed E-state index contributed by atoms with van der Waals surface area (Å²) in [7, 11) is 0. The number of thiazole rings is 1. The summed E-state index contributed by atoms with van der Waals surface area (Å²) in [6.45, 7) is 1.26. The van der Waals surface area contributed by atoms with E-state index in [-0.39, 0.29) is 24.8 Å². The lowest BCUT2D eigenvalue weighted by Crippen LogP contribution is -2.50. The fraction of sp³-hybridized carbons (Fsp3) is 0.364. The number of amides is 2. The fourth-order valence-corrected chi connectivity index (χ4v) is 2.70. The van der Waals surface area contributed by atoms with Crippen molar-refractivity contribution in [1.29, 1.82) is 0 Å². The first kappa shape index (κ1) is 11.2. The standard InChI is InChI=1S/C11H12N4O2S/c16-9-7-14(2-1-12-9)10(17)5-8-6-15-3-4-18-11(15)13-8/h3-4,6H,1-2,5,7H2,(H,12,16). The highest BCUT2D eigenvalue weighted by molar-refractivity contribution is 7.15. The van der Waals surface area contributed by atoms with Crippen molar-refractivity contribution in [3.8, 4) is 0 Å². The minimum Gasteiger partial charge on any atom is -0.353 e. The molecule has 1 saturated heterocycles. The Morgan fingerprint density at radius 3 is 3.22 bits per heavy atom. The van der Waals surface area contributed by atoms with E-state index in [0.717, 1.165) is 10.7 Å². The quantitative estimate of drug-likeness (QED) is 0.823. The van der Waals surface area contributed by atoms with Crippen LogP contribution in [0.25, 0.3) is 4.96 Å². The number of hydrogen-bond donors (Lipinski definition) is 1. The fourth-order valence-electron chi connectivity index (χ4n) is 1.98. The Morgan fingerprint density at radius 2 is 2.44 bits per heavy atom. The van der Waals surface area contributed by atoms with Crippen LogP contribution in [0.1, 0.15) is 5.69 Å². The van der Waals surface area contributed by atoms with Crippen molar-refractivity contribution in [3.05, 3.63) is 23.5 Å². The van der Waals surface area contributed by atoms with E-state index in [9.17, 15) is 9.59 Å². The van der Waals surface area contributed by atoms with Gasteiger partial charge < -0.3 is 10.2 Å². The Hall–Kier alpha value is -1.89. The van der Waals surface area contributed by atoms with E-state index >= 15 is 0 Å². The van der Waals surface area contributed by atoms with Gasteiger partial charge in [-0.2, -0.15) is 0 Å². The predicted molar refractivity (Wildman–Crippen MR) is 66.4 cm³/mol. The number of carbonyl (C=O) groups is 2. The summed E-state index contributed by atoms with van der Waals surface area (Å²) < 4.78 is 1.90. The molecule has 1 N–H and O–H groups in total. The first-order chi connectivity index (χ1) is 8.72. The smallest absolute Gasteiger partial charge is 0.239 e. The Bertz CT molecular complexity index is 574. The van der Waals surface area contributed by atoms with Crippen LogP contribution in [0.3, 0.4) is 0 Å². The summed E-state index contributed by atoms with van der Waals surface area (Å²) >= 11 is 1.53. The summed E-state index contributed by atoms with van der Waals surface area (Å²) in [6, 6.07) is 0. The molecule has 94 valence electrons. The Morgan fingerprint density at radius 1 is 1.56 bits per heavy atom. The van der Waals surface area contributed by atoms with Crippen LogP contribution in [0.5, 0.6) is 0 Å². The first-order valence-corrected chi connectivity index (χ1v) is 6.56. The molecule has 2 aromatic rings. The molecule has 1 aliphatic heterocycles. The van der Waals surface area contributed by atoms with Crippen LogP contribution >= 0.6 is 11.3 Å². The molecular weight excluding hydrogens is 252 g/mol. The second-order valence-corrected chi connectivity index (χ2v) is 5.04. The van der Waals surface area contributed by atoms with Gasteiger partial charge in [-0.15, -0.1) is 11.3 Å². The zero-order valence-corrected chi connectivity index (χ0v) is 10.4. The first-order valence-electron chi connectivity index (χ1n) is 5.68. The van der Waals surface area contributed by atoms with Crippen LogP contribution in [0.15, 0.2) is 17.8 Å². The number of nitrogens with zero attached hydrogens (tertiary/aromatic N) is 3. The van der Waals surface area contributed by atoms with Gasteiger partial charge >= 0.3 is 0 Å². The maximum Gasteiger partial charge on any atom is 0.239 e. The van der Waals surface area contributed by atoms with Gasteiger partial charge in [-0.25, -0.2) is 4.98 Å². The summed E-state index contributed by atoms with van der Waals surface area (Å²) in [4.78, 5) is 30.0. The molecule has 18 heavy (non-hydrogen) atoms. The van der Waals surface area contributed by atoms with E-state index in [2.05, 4.69) is 10.3 Å². The van der Waals surface area contributed by atoms with Crippen molar-refractivity contribution in [2.45, 2.75) is 6.42 Å². The van der Waals surface area contributed by atoms with Crippen molar-refractivity contribution in [1.82, 2.24) is 19.6 Å². The third kappa shape index (κ3) is 2.08. The Balaban J connectivity index is 1.70. The lowest BCUT2D eigenvalue weighted by atomic mass is 10.2. The van der Waals surface area contributed by atoms with Crippen molar-refractivity contribution < 1.29 is 9.59 Å². The van der Waals surface area contributed by atoms with Gasteiger partial charge in [-0.3, -0.25) is 14.0 Å². The second kappa shape index (κ2) is 4.41. The zero-order valence-electron chi connectivity index (χ0n) is 9.63. The second-order valence-electron chi connectivity index (χ2n) is 4.17. The SMILES string of the molecule is O=C1CN(C(=O)Cc2cn3ccsc3n2)CCN1. The molecule has 0 aliphatic carbocycles. The summed E-state index contributed by atoms with van der Waals surface area (Å²) in [5, 5.41) is 4.64. The number of hydrogen-bond acceptors (Lipinski definition) is 4. The topological polar surface area (TPSA) is 66.7 Å². The molecular formula is C11H12N4O2S. The predicted octanol–water partition coefficient (Wildman–Crippen LogP) is -0.103. The molecule has 0 bridgehead atoms. The van der Waals surface area contributed by atoms with E-state index in [1.54, 1.807) is 4.90 Å². The minimum atomic E-state index is -0.0968. The summed E-state index contributed by atoms with van der Waals surface area (Å²) in [5.41, 5.74) is 0.748. The molecule has 0 saturated carbocycles. The van der Waals surface area contributed by atoms with Crippen molar-refractivity contribution in [2.75, 3.05) is 19.6 Å². The maximum absolute atomic E-state index is 12.0. The number of aromatic nitrogens is 2. The molecule has 2 aromatic heterocycles. The van der Waals surface area contributed by atoms with Crippen LogP contribution in [-0.4, -0.2) is 45.7 Å². The monoisotopic (exact) mass is 264 g/mol. The van der Waals surface area contributed by atoms with Gasteiger partial charge in [-0.1, -0.05) is 0 Å². The zero-order chi connectivity index (χ0) is 12.5. The molecule has 0 unspecified atom stereocenters. The summed E-state index contributed by atoms with van der Waals surface area (Å²) in [5.74, 6) is -0.143. The Kier molecular flexibility index (Phi) is 2.75. The number of nitrogens with one attached hydrogen (secondary N) is 1. The number of fused-ring (bicyclic) bond motifs is 1. The molecule has 2 amide bonds. The van der Waals surface area contributed by atoms with Crippen LogP contribution in [-0.2, 0) is 16.0 Å². The molecule has 0 aromatic carbocycles. The average Bonchev–Trinajstić information content (AvgIpc) is 2.89. The van der Waals surface area contributed by atoms with Gasteiger partial charge in [0.15, 0.2) is 4.96 Å². The lowest BCUT2D eigenvalue weighted by Gasteiger charge is -2.26. The normalized spacial score (nSPS) is 16.0. The number of carbonyl (C=O) groups excluding carboxylic acids is 2. The molecule has 0 atom stereocenters. The highest BCUT2D eigenvalue weighted by Crippen LogP contribution is 2.12.